The van der Waals surface area contributed by atoms with E-state index in [4.69, 9.17) is 49.0 Å². The summed E-state index contributed by atoms with van der Waals surface area (Å²) in [5.74, 6) is -1.18. The van der Waals surface area contributed by atoms with E-state index in [9.17, 15) is 14.4 Å². The number of nitrogens with zero attached hydrogens (tertiary/aromatic N) is 1. The number of imide groups is 1. The lowest BCUT2D eigenvalue weighted by molar-refractivity contribution is -0.161. The van der Waals surface area contributed by atoms with Gasteiger partial charge in [0.1, 0.15) is 6.61 Å². The first-order chi connectivity index (χ1) is 12.5. The van der Waals surface area contributed by atoms with Gasteiger partial charge in [-0.05, 0) is 30.6 Å². The highest BCUT2D eigenvalue weighted by Gasteiger charge is 2.71. The van der Waals surface area contributed by atoms with Crippen LogP contribution in [0, 0.1) is 16.7 Å². The Labute approximate surface area is 171 Å². The Kier molecular flexibility index (Phi) is 4.43. The Balaban J connectivity index is 1.79. The van der Waals surface area contributed by atoms with Gasteiger partial charge in [-0.15, -0.1) is 0 Å². The van der Waals surface area contributed by atoms with Crippen LogP contribution < -0.4 is 0 Å². The van der Waals surface area contributed by atoms with Crippen molar-refractivity contribution < 1.29 is 28.6 Å². The third kappa shape index (κ3) is 2.41. The van der Waals surface area contributed by atoms with Crippen molar-refractivity contribution in [2.75, 3.05) is 13.2 Å². The standard InChI is InChI=1S/C17H20Cl3NO6/c1-15(2)8-3-4-16(15)9(7-8)25-5-6-26-13(23)17(19,20)10-11(18)21(12(16)22)14(24)27-10/h8-11H,3-7H2,1-2H3/t8-,9-,10-,11-,16+/m1/s1. The molecular weight excluding hydrogens is 421 g/mol. The molecule has 2 saturated carbocycles. The third-order valence-electron chi connectivity index (χ3n) is 6.89. The average molecular weight is 441 g/mol. The Morgan fingerprint density at radius 2 is 1.85 bits per heavy atom. The fourth-order valence-corrected chi connectivity index (χ4v) is 6.25. The molecular formula is C17H20Cl3NO6. The van der Waals surface area contributed by atoms with E-state index in [0.717, 1.165) is 11.3 Å². The van der Waals surface area contributed by atoms with Crippen molar-refractivity contribution in [2.24, 2.45) is 16.7 Å². The summed E-state index contributed by atoms with van der Waals surface area (Å²) in [5.41, 5.74) is -2.63. The van der Waals surface area contributed by atoms with Crippen molar-refractivity contribution in [3.05, 3.63) is 0 Å². The number of halogens is 3. The van der Waals surface area contributed by atoms with E-state index in [1.54, 1.807) is 0 Å². The minimum Gasteiger partial charge on any atom is -0.461 e. The van der Waals surface area contributed by atoms with Gasteiger partial charge < -0.3 is 14.2 Å². The molecule has 0 unspecified atom stereocenters. The topological polar surface area (TPSA) is 82.1 Å². The molecule has 27 heavy (non-hydrogen) atoms. The monoisotopic (exact) mass is 439 g/mol. The first kappa shape index (κ1) is 19.6. The number of cyclic esters (lactones) is 1. The highest BCUT2D eigenvalue weighted by Crippen LogP contribution is 2.67. The Bertz CT molecular complexity index is 713. The molecule has 4 rings (SSSR count). The van der Waals surface area contributed by atoms with E-state index >= 15 is 0 Å². The summed E-state index contributed by atoms with van der Waals surface area (Å²) in [4.78, 5) is 39.3. The number of alkyl halides is 3. The van der Waals surface area contributed by atoms with Crippen LogP contribution in [0.2, 0.25) is 0 Å². The molecule has 2 aliphatic heterocycles. The van der Waals surface area contributed by atoms with Crippen molar-refractivity contribution in [3.8, 4) is 0 Å². The molecule has 10 heteroatoms. The van der Waals surface area contributed by atoms with Crippen LogP contribution in [0.3, 0.4) is 0 Å². The Morgan fingerprint density at radius 3 is 2.52 bits per heavy atom. The van der Waals surface area contributed by atoms with Gasteiger partial charge in [0.05, 0.1) is 18.1 Å². The maximum Gasteiger partial charge on any atom is 0.418 e. The summed E-state index contributed by atoms with van der Waals surface area (Å²) in [7, 11) is 0. The van der Waals surface area contributed by atoms with Crippen molar-refractivity contribution >= 4 is 52.8 Å². The number of esters is 1. The van der Waals surface area contributed by atoms with Gasteiger partial charge in [-0.2, -0.15) is 0 Å². The van der Waals surface area contributed by atoms with E-state index in [1.807, 2.05) is 13.8 Å². The summed E-state index contributed by atoms with van der Waals surface area (Å²) >= 11 is 18.6. The lowest BCUT2D eigenvalue weighted by Crippen LogP contribution is -2.57. The normalized spacial score (nSPS) is 42.9. The number of hydrogen-bond donors (Lipinski definition) is 0. The summed E-state index contributed by atoms with van der Waals surface area (Å²) in [6, 6.07) is 0. The SMILES string of the molecule is CC1(C)[C@@H]2CC[C@]13C(=O)N1C(=O)O[C@H]([C@@H]1Cl)C(Cl)(Cl)C(=O)OCCO[C@@H]3C2. The number of amides is 2. The molecule has 0 N–H and O–H groups in total. The first-order valence-electron chi connectivity index (χ1n) is 8.90. The molecule has 0 radical (unpaired) electrons. The first-order valence-corrected chi connectivity index (χ1v) is 10.1. The fraction of sp³-hybridized carbons (Fsp3) is 0.824. The minimum absolute atomic E-state index is 0.0801. The molecule has 150 valence electrons. The molecule has 4 bridgehead atoms. The predicted octanol–water partition coefficient (Wildman–Crippen LogP) is 2.84. The second-order valence-electron chi connectivity index (χ2n) is 8.13. The van der Waals surface area contributed by atoms with Crippen LogP contribution >= 0.6 is 34.8 Å². The van der Waals surface area contributed by atoms with Crippen LogP contribution in [0.5, 0.6) is 0 Å². The minimum atomic E-state index is -2.24. The van der Waals surface area contributed by atoms with Crippen molar-refractivity contribution in [2.45, 2.75) is 55.2 Å². The summed E-state index contributed by atoms with van der Waals surface area (Å²) in [5, 5.41) is 0. The van der Waals surface area contributed by atoms with Gasteiger partial charge in [0, 0.05) is 0 Å². The summed E-state index contributed by atoms with van der Waals surface area (Å²) in [6.07, 6.45) is -0.670. The zero-order chi connectivity index (χ0) is 19.8. The van der Waals surface area contributed by atoms with Crippen LogP contribution in [-0.2, 0) is 23.8 Å². The largest absolute Gasteiger partial charge is 0.461 e. The Morgan fingerprint density at radius 1 is 1.15 bits per heavy atom. The maximum absolute atomic E-state index is 13.7. The highest BCUT2D eigenvalue weighted by molar-refractivity contribution is 6.58. The molecule has 1 spiro atoms. The smallest absolute Gasteiger partial charge is 0.418 e. The lowest BCUT2D eigenvalue weighted by Gasteiger charge is -2.42. The van der Waals surface area contributed by atoms with Crippen LogP contribution in [0.1, 0.15) is 33.1 Å². The molecule has 0 aromatic heterocycles. The zero-order valence-electron chi connectivity index (χ0n) is 14.9. The van der Waals surface area contributed by atoms with Crippen molar-refractivity contribution in [1.29, 1.82) is 0 Å². The average Bonchev–Trinajstić information content (AvgIpc) is 3.12. The summed E-state index contributed by atoms with van der Waals surface area (Å²) < 4.78 is 14.0. The maximum atomic E-state index is 13.7. The lowest BCUT2D eigenvalue weighted by atomic mass is 9.67. The van der Waals surface area contributed by atoms with E-state index in [1.165, 1.54) is 0 Å². The molecule has 4 aliphatic rings. The number of hydrogen-bond acceptors (Lipinski definition) is 6. The van der Waals surface area contributed by atoms with Crippen LogP contribution in [0.25, 0.3) is 0 Å². The number of ether oxygens (including phenoxy) is 3. The van der Waals surface area contributed by atoms with Crippen LogP contribution in [-0.4, -0.2) is 58.1 Å². The van der Waals surface area contributed by atoms with Gasteiger partial charge in [-0.3, -0.25) is 4.79 Å². The van der Waals surface area contributed by atoms with Gasteiger partial charge in [0.15, 0.2) is 11.6 Å². The van der Waals surface area contributed by atoms with Gasteiger partial charge in [0.2, 0.25) is 5.91 Å². The molecule has 2 aliphatic carbocycles. The molecule has 4 fully saturated rings. The number of rotatable bonds is 0. The van der Waals surface area contributed by atoms with E-state index < -0.39 is 45.4 Å². The van der Waals surface area contributed by atoms with Crippen LogP contribution in [0.15, 0.2) is 0 Å². The van der Waals surface area contributed by atoms with Gasteiger partial charge in [-0.25, -0.2) is 14.5 Å². The molecule has 0 aromatic rings. The number of fused-ring (bicyclic) bond motifs is 3. The van der Waals surface area contributed by atoms with Crippen molar-refractivity contribution in [1.82, 2.24) is 4.90 Å². The molecule has 7 nitrogen and oxygen atoms in total. The third-order valence-corrected chi connectivity index (χ3v) is 8.05. The summed E-state index contributed by atoms with van der Waals surface area (Å²) in [6.45, 7) is 4.06. The van der Waals surface area contributed by atoms with E-state index in [2.05, 4.69) is 0 Å². The van der Waals surface area contributed by atoms with Gasteiger partial charge >= 0.3 is 12.1 Å². The fourth-order valence-electron chi connectivity index (χ4n) is 5.28. The zero-order valence-corrected chi connectivity index (χ0v) is 17.1. The van der Waals surface area contributed by atoms with Crippen molar-refractivity contribution in [3.63, 3.8) is 0 Å². The number of carbonyl (C=O) groups excluding carboxylic acids is 3. The van der Waals surface area contributed by atoms with Crippen LogP contribution in [0.4, 0.5) is 4.79 Å². The van der Waals surface area contributed by atoms with Gasteiger partial charge in [-0.1, -0.05) is 48.7 Å². The predicted molar refractivity (Wildman–Crippen MR) is 95.4 cm³/mol. The molecule has 2 saturated heterocycles. The second kappa shape index (κ2) is 6.12. The highest BCUT2D eigenvalue weighted by atomic mass is 35.5. The molecule has 5 atom stereocenters. The Hall–Kier alpha value is -0.760. The molecule has 2 amide bonds. The molecule has 0 aromatic carbocycles. The molecule has 2 heterocycles. The second-order valence-corrected chi connectivity index (χ2v) is 9.97. The van der Waals surface area contributed by atoms with E-state index in [0.29, 0.717) is 12.8 Å². The van der Waals surface area contributed by atoms with E-state index in [-0.39, 0.29) is 24.5 Å². The number of carbonyl (C=O) groups is 3. The van der Waals surface area contributed by atoms with Gasteiger partial charge in [0.25, 0.3) is 4.33 Å². The quantitative estimate of drug-likeness (QED) is 0.327.